The lowest BCUT2D eigenvalue weighted by molar-refractivity contribution is -0.458. The van der Waals surface area contributed by atoms with Crippen LogP contribution in [0.15, 0.2) is 58.5 Å². The molecule has 0 spiro atoms. The number of aromatic nitrogens is 2. The zero-order valence-corrected chi connectivity index (χ0v) is 19.6. The predicted octanol–water partition coefficient (Wildman–Crippen LogP) is 4.75. The van der Waals surface area contributed by atoms with Crippen molar-refractivity contribution in [2.75, 3.05) is 0 Å². The molecule has 9 heteroatoms. The van der Waals surface area contributed by atoms with Gasteiger partial charge in [-0.05, 0) is 48.6 Å². The minimum atomic E-state index is -0.493. The maximum atomic E-state index is 13.4. The summed E-state index contributed by atoms with van der Waals surface area (Å²) in [4.78, 5) is 32.2. The second kappa shape index (κ2) is 8.61. The van der Waals surface area contributed by atoms with Gasteiger partial charge in [0.2, 0.25) is 5.82 Å². The Labute approximate surface area is 199 Å². The molecule has 0 saturated carbocycles. The van der Waals surface area contributed by atoms with Crippen LogP contribution in [-0.2, 0) is 17.9 Å². The molecule has 0 N–H and O–H groups in total. The second-order valence-corrected chi connectivity index (χ2v) is 9.36. The lowest BCUT2D eigenvalue weighted by Gasteiger charge is -2.24. The van der Waals surface area contributed by atoms with Crippen LogP contribution in [0.5, 0.6) is 0 Å². The summed E-state index contributed by atoms with van der Waals surface area (Å²) in [6.45, 7) is 4.23. The number of halogens is 1. The largest absolute Gasteiger partial charge is 0.501 e. The molecular formula is C24H20ClN4O3S+. The third kappa shape index (κ3) is 4.00. The molecule has 0 bridgehead atoms. The quantitative estimate of drug-likeness (QED) is 0.491. The van der Waals surface area contributed by atoms with Crippen LogP contribution in [-0.4, -0.2) is 42.5 Å². The zero-order valence-electron chi connectivity index (χ0n) is 18.0. The third-order valence-electron chi connectivity index (χ3n) is 5.80. The fourth-order valence-electron chi connectivity index (χ4n) is 3.81. The van der Waals surface area contributed by atoms with Crippen LogP contribution in [0.25, 0.3) is 11.4 Å². The molecule has 3 aromatic rings. The number of urea groups is 1. The smallest absolute Gasteiger partial charge is 0.335 e. The lowest BCUT2D eigenvalue weighted by atomic mass is 10.1. The van der Waals surface area contributed by atoms with E-state index < -0.39 is 11.3 Å². The van der Waals surface area contributed by atoms with E-state index in [0.717, 1.165) is 11.1 Å². The first-order valence-electron chi connectivity index (χ1n) is 10.4. The van der Waals surface area contributed by atoms with Crippen molar-refractivity contribution in [3.8, 4) is 11.4 Å². The number of fused-ring (bicyclic) bond motifs is 1. The number of hydrogen-bond acceptors (Lipinski definition) is 6. The van der Waals surface area contributed by atoms with Gasteiger partial charge in [-0.1, -0.05) is 47.1 Å². The topological polar surface area (TPSA) is 79.3 Å². The van der Waals surface area contributed by atoms with Gasteiger partial charge in [0.25, 0.3) is 5.89 Å². The maximum absolute atomic E-state index is 13.4. The van der Waals surface area contributed by atoms with Crippen LogP contribution in [0.4, 0.5) is 4.79 Å². The molecule has 1 aromatic heterocycles. The highest BCUT2D eigenvalue weighted by molar-refractivity contribution is 8.04. The van der Waals surface area contributed by atoms with E-state index in [0.29, 0.717) is 28.0 Å². The SMILES string of the molecule is Cc1ccc(-c2noc(C[N+]3=C4C=CSC4C(=O)N(Cc4ccccc4Cl)C3=O)n2)cc1C. The summed E-state index contributed by atoms with van der Waals surface area (Å²) in [7, 11) is 0. The standard InChI is InChI=1S/C24H20ClN4O3S/c1-14-7-8-16(11-15(14)2)22-26-20(32-27-22)13-28-19-9-10-33-21(19)23(30)29(24(28)31)12-17-5-3-4-6-18(17)25/h3-11,21H,12-13H2,1-2H3/q+1. The average Bonchev–Trinajstić information content (AvgIpc) is 3.47. The van der Waals surface area contributed by atoms with Gasteiger partial charge in [-0.15, -0.1) is 11.8 Å². The number of nitrogens with zero attached hydrogens (tertiary/aromatic N) is 4. The Kier molecular flexibility index (Phi) is 5.64. The van der Waals surface area contributed by atoms with Gasteiger partial charge in [-0.3, -0.25) is 0 Å². The first-order valence-corrected chi connectivity index (χ1v) is 11.7. The highest BCUT2D eigenvalue weighted by atomic mass is 35.5. The summed E-state index contributed by atoms with van der Waals surface area (Å²) < 4.78 is 6.99. The van der Waals surface area contributed by atoms with Crippen molar-refractivity contribution < 1.29 is 18.7 Å². The van der Waals surface area contributed by atoms with E-state index in [1.54, 1.807) is 18.2 Å². The van der Waals surface area contributed by atoms with Crippen molar-refractivity contribution in [1.29, 1.82) is 0 Å². The number of amides is 3. The fraction of sp³-hybridized carbons (Fsp3) is 0.208. The van der Waals surface area contributed by atoms with Gasteiger partial charge < -0.3 is 4.52 Å². The molecule has 1 unspecified atom stereocenters. The van der Waals surface area contributed by atoms with Crippen LogP contribution >= 0.6 is 23.4 Å². The normalized spacial score (nSPS) is 17.8. The molecule has 2 aliphatic rings. The molecule has 0 fully saturated rings. The number of imide groups is 1. The molecule has 166 valence electrons. The lowest BCUT2D eigenvalue weighted by Crippen LogP contribution is -2.54. The molecule has 33 heavy (non-hydrogen) atoms. The van der Waals surface area contributed by atoms with Crippen LogP contribution < -0.4 is 0 Å². The van der Waals surface area contributed by atoms with Crippen molar-refractivity contribution in [2.45, 2.75) is 32.2 Å². The number of carbonyl (C=O) groups is 2. The summed E-state index contributed by atoms with van der Waals surface area (Å²) in [5.74, 6) is 0.488. The molecule has 7 nitrogen and oxygen atoms in total. The van der Waals surface area contributed by atoms with E-state index in [4.69, 9.17) is 16.1 Å². The molecule has 2 aromatic carbocycles. The number of allylic oxidation sites excluding steroid dienone is 1. The second-order valence-electron chi connectivity index (χ2n) is 7.94. The van der Waals surface area contributed by atoms with Gasteiger partial charge in [0.1, 0.15) is 12.3 Å². The van der Waals surface area contributed by atoms with Gasteiger partial charge in [0, 0.05) is 16.1 Å². The van der Waals surface area contributed by atoms with E-state index in [2.05, 4.69) is 10.1 Å². The first-order chi connectivity index (χ1) is 15.9. The number of benzene rings is 2. The molecule has 5 rings (SSSR count). The Morgan fingerprint density at radius 3 is 2.76 bits per heavy atom. The number of aryl methyl sites for hydroxylation is 2. The summed E-state index contributed by atoms with van der Waals surface area (Å²) in [5, 5.41) is 5.93. The summed E-state index contributed by atoms with van der Waals surface area (Å²) in [6, 6.07) is 12.7. The van der Waals surface area contributed by atoms with Gasteiger partial charge in [0.05, 0.1) is 0 Å². The number of thioether (sulfide) groups is 1. The van der Waals surface area contributed by atoms with Crippen molar-refractivity contribution in [3.05, 3.63) is 81.6 Å². The Balaban J connectivity index is 1.45. The van der Waals surface area contributed by atoms with Crippen molar-refractivity contribution in [2.24, 2.45) is 0 Å². The Morgan fingerprint density at radius 2 is 1.97 bits per heavy atom. The molecular weight excluding hydrogens is 460 g/mol. The minimum absolute atomic E-state index is 0.0692. The average molecular weight is 480 g/mol. The minimum Gasteiger partial charge on any atom is -0.335 e. The summed E-state index contributed by atoms with van der Waals surface area (Å²) in [5.41, 5.74) is 4.48. The van der Waals surface area contributed by atoms with E-state index in [1.807, 2.05) is 49.6 Å². The fourth-order valence-corrected chi connectivity index (χ4v) is 4.97. The number of rotatable bonds is 5. The van der Waals surface area contributed by atoms with E-state index in [-0.39, 0.29) is 19.0 Å². The monoisotopic (exact) mass is 479 g/mol. The van der Waals surface area contributed by atoms with E-state index in [1.165, 1.54) is 26.8 Å². The Hall–Kier alpha value is -3.23. The van der Waals surface area contributed by atoms with Crippen molar-refractivity contribution >= 4 is 41.0 Å². The molecule has 0 radical (unpaired) electrons. The van der Waals surface area contributed by atoms with Crippen LogP contribution in [0.1, 0.15) is 22.6 Å². The van der Waals surface area contributed by atoms with Gasteiger partial charge in [0.15, 0.2) is 11.8 Å². The molecule has 3 amide bonds. The zero-order chi connectivity index (χ0) is 23.1. The van der Waals surface area contributed by atoms with Gasteiger partial charge in [-0.2, -0.15) is 19.3 Å². The molecule has 2 aliphatic heterocycles. The van der Waals surface area contributed by atoms with Crippen LogP contribution in [0, 0.1) is 13.8 Å². The third-order valence-corrected chi connectivity index (χ3v) is 7.18. The first kappa shape index (κ1) is 21.6. The number of carbonyl (C=O) groups excluding carboxylic acids is 2. The highest BCUT2D eigenvalue weighted by Gasteiger charge is 2.49. The number of hydrogen-bond donors (Lipinski definition) is 0. The van der Waals surface area contributed by atoms with E-state index >= 15 is 0 Å². The maximum Gasteiger partial charge on any atom is 0.501 e. The Bertz CT molecular complexity index is 1350. The van der Waals surface area contributed by atoms with E-state index in [9.17, 15) is 9.59 Å². The van der Waals surface area contributed by atoms with Gasteiger partial charge >= 0.3 is 11.9 Å². The van der Waals surface area contributed by atoms with Crippen LogP contribution in [0.2, 0.25) is 5.02 Å². The van der Waals surface area contributed by atoms with Gasteiger partial charge in [-0.25, -0.2) is 4.79 Å². The predicted molar refractivity (Wildman–Crippen MR) is 126 cm³/mol. The van der Waals surface area contributed by atoms with Crippen LogP contribution in [0.3, 0.4) is 0 Å². The molecule has 1 atom stereocenters. The van der Waals surface area contributed by atoms with Crippen molar-refractivity contribution in [1.82, 2.24) is 15.0 Å². The molecule has 0 aliphatic carbocycles. The Morgan fingerprint density at radius 1 is 1.15 bits per heavy atom. The summed E-state index contributed by atoms with van der Waals surface area (Å²) in [6.07, 6.45) is 1.79. The van der Waals surface area contributed by atoms with Crippen molar-refractivity contribution in [3.63, 3.8) is 0 Å². The molecule has 3 heterocycles. The molecule has 0 saturated heterocycles. The highest BCUT2D eigenvalue weighted by Crippen LogP contribution is 2.30. The summed E-state index contributed by atoms with van der Waals surface area (Å²) >= 11 is 7.65.